The van der Waals surface area contributed by atoms with Gasteiger partial charge in [0.15, 0.2) is 23.8 Å². The van der Waals surface area contributed by atoms with E-state index in [1.165, 1.54) is 17.2 Å². The molecule has 12 heteroatoms. The molecule has 0 radical (unpaired) electrons. The maximum Gasteiger partial charge on any atom is 0.322 e. The molecular formula is C12H14N6O6. The summed E-state index contributed by atoms with van der Waals surface area (Å²) in [6, 6.07) is 0. The number of aromatic nitrogens is 4. The number of rotatable bonds is 4. The number of ether oxygens (including phenoxy) is 1. The molecule has 0 aliphatic carbocycles. The second kappa shape index (κ2) is 5.99. The summed E-state index contributed by atoms with van der Waals surface area (Å²) >= 11 is 0. The lowest BCUT2D eigenvalue weighted by molar-refractivity contribution is -0.143. The number of hydrogen-bond acceptors (Lipinski definition) is 9. The van der Waals surface area contributed by atoms with Gasteiger partial charge in [0.25, 0.3) is 5.91 Å². The molecule has 0 spiro atoms. The number of carbonyl (C=O) groups excluding carboxylic acids is 1. The van der Waals surface area contributed by atoms with Crippen LogP contribution in [0.15, 0.2) is 12.7 Å². The summed E-state index contributed by atoms with van der Waals surface area (Å²) in [6.07, 6.45) is -3.13. The summed E-state index contributed by atoms with van der Waals surface area (Å²) in [4.78, 5) is 34.2. The second-order valence-corrected chi connectivity index (χ2v) is 5.12. The molecule has 0 saturated carbocycles. The molecule has 24 heavy (non-hydrogen) atoms. The predicted octanol–water partition coefficient (Wildman–Crippen LogP) is -2.77. The summed E-state index contributed by atoms with van der Waals surface area (Å²) in [5, 5.41) is 30.8. The lowest BCUT2D eigenvalue weighted by Crippen LogP contribution is -2.44. The van der Waals surface area contributed by atoms with Gasteiger partial charge in [0.1, 0.15) is 30.6 Å². The maximum atomic E-state index is 11.9. The van der Waals surface area contributed by atoms with Gasteiger partial charge in [-0.25, -0.2) is 15.0 Å². The summed E-state index contributed by atoms with van der Waals surface area (Å²) in [7, 11) is 0. The highest BCUT2D eigenvalue weighted by Crippen LogP contribution is 2.31. The van der Waals surface area contributed by atoms with Gasteiger partial charge >= 0.3 is 5.97 Å². The number of hydrogen-bond donors (Lipinski definition) is 5. The first kappa shape index (κ1) is 16.0. The van der Waals surface area contributed by atoms with Crippen LogP contribution in [0.2, 0.25) is 0 Å². The van der Waals surface area contributed by atoms with E-state index in [9.17, 15) is 19.8 Å². The number of aliphatic carboxylic acids is 1. The van der Waals surface area contributed by atoms with Gasteiger partial charge in [-0.05, 0) is 0 Å². The monoisotopic (exact) mass is 338 g/mol. The number of aliphatic hydroxyl groups is 2. The van der Waals surface area contributed by atoms with Gasteiger partial charge in [-0.3, -0.25) is 14.2 Å². The van der Waals surface area contributed by atoms with Gasteiger partial charge in [0.05, 0.1) is 6.33 Å². The molecular weight excluding hydrogens is 324 g/mol. The molecule has 1 amide bonds. The number of carboxylic acid groups (broad SMARTS) is 1. The fraction of sp³-hybridized carbons (Fsp3) is 0.417. The van der Waals surface area contributed by atoms with Crippen molar-refractivity contribution >= 4 is 28.9 Å². The van der Waals surface area contributed by atoms with Crippen LogP contribution in [-0.4, -0.2) is 71.6 Å². The highest BCUT2D eigenvalue weighted by Gasteiger charge is 2.47. The molecule has 1 fully saturated rings. The molecule has 3 rings (SSSR count). The molecule has 12 nitrogen and oxygen atoms in total. The standard InChI is InChI=1S/C12H14N6O6/c13-9-5-10(16-2-15-9)18(3-17-5)12-7(22)6(21)8(24-12)11(23)14-1-4(19)20/h2-3,6-8,12,21-22H,1H2,(H,14,23)(H,19,20)(H2,13,15,16). The number of carboxylic acids is 1. The Hall–Kier alpha value is -2.83. The van der Waals surface area contributed by atoms with Gasteiger partial charge in [0.2, 0.25) is 0 Å². The zero-order chi connectivity index (χ0) is 17.4. The lowest BCUT2D eigenvalue weighted by atomic mass is 10.1. The van der Waals surface area contributed by atoms with Crippen molar-refractivity contribution in [2.75, 3.05) is 12.3 Å². The fourth-order valence-corrected chi connectivity index (χ4v) is 2.43. The number of imidazole rings is 1. The Labute approximate surface area is 133 Å². The van der Waals surface area contributed by atoms with Crippen molar-refractivity contribution in [1.82, 2.24) is 24.8 Å². The van der Waals surface area contributed by atoms with Crippen molar-refractivity contribution in [2.24, 2.45) is 0 Å². The Morgan fingerprint density at radius 1 is 1.29 bits per heavy atom. The number of nitrogens with two attached hydrogens (primary N) is 1. The summed E-state index contributed by atoms with van der Waals surface area (Å²) < 4.78 is 6.70. The number of aliphatic hydroxyl groups excluding tert-OH is 2. The minimum atomic E-state index is -1.56. The molecule has 2 aromatic heterocycles. The lowest BCUT2D eigenvalue weighted by Gasteiger charge is -2.16. The van der Waals surface area contributed by atoms with Crippen LogP contribution in [0.5, 0.6) is 0 Å². The number of fused-ring (bicyclic) bond motifs is 1. The van der Waals surface area contributed by atoms with E-state index in [1.54, 1.807) is 0 Å². The van der Waals surface area contributed by atoms with Crippen LogP contribution in [-0.2, 0) is 14.3 Å². The number of anilines is 1. The Balaban J connectivity index is 1.85. The quantitative estimate of drug-likeness (QED) is 0.390. The van der Waals surface area contributed by atoms with Crippen LogP contribution in [0.3, 0.4) is 0 Å². The molecule has 4 unspecified atom stereocenters. The van der Waals surface area contributed by atoms with Crippen LogP contribution in [0.1, 0.15) is 6.23 Å². The third-order valence-corrected chi connectivity index (χ3v) is 3.57. The summed E-state index contributed by atoms with van der Waals surface area (Å²) in [5.74, 6) is -1.98. The minimum Gasteiger partial charge on any atom is -0.480 e. The summed E-state index contributed by atoms with van der Waals surface area (Å²) in [6.45, 7) is -0.635. The van der Waals surface area contributed by atoms with Gasteiger partial charge in [-0.15, -0.1) is 0 Å². The SMILES string of the molecule is Nc1ncnc2c1ncn2C1OC(C(=O)NCC(=O)O)C(O)C1O. The largest absolute Gasteiger partial charge is 0.480 e. The van der Waals surface area contributed by atoms with E-state index in [0.717, 1.165) is 0 Å². The van der Waals surface area contributed by atoms with Crippen molar-refractivity contribution in [1.29, 1.82) is 0 Å². The van der Waals surface area contributed by atoms with E-state index in [4.69, 9.17) is 15.6 Å². The maximum absolute atomic E-state index is 11.9. The number of nitrogens with one attached hydrogen (secondary N) is 1. The van der Waals surface area contributed by atoms with E-state index in [-0.39, 0.29) is 17.0 Å². The average Bonchev–Trinajstić information content (AvgIpc) is 3.09. The van der Waals surface area contributed by atoms with Crippen molar-refractivity contribution < 1.29 is 29.6 Å². The molecule has 4 atom stereocenters. The first-order valence-electron chi connectivity index (χ1n) is 6.84. The molecule has 6 N–H and O–H groups in total. The van der Waals surface area contributed by atoms with Crippen LogP contribution in [0.4, 0.5) is 5.82 Å². The fourth-order valence-electron chi connectivity index (χ4n) is 2.43. The van der Waals surface area contributed by atoms with Crippen LogP contribution in [0.25, 0.3) is 11.2 Å². The van der Waals surface area contributed by atoms with Crippen molar-refractivity contribution in [3.05, 3.63) is 12.7 Å². The highest BCUT2D eigenvalue weighted by atomic mass is 16.6. The molecule has 1 aliphatic heterocycles. The molecule has 1 saturated heterocycles. The minimum absolute atomic E-state index is 0.127. The van der Waals surface area contributed by atoms with Gasteiger partial charge in [0, 0.05) is 0 Å². The topological polar surface area (TPSA) is 186 Å². The Kier molecular flexibility index (Phi) is 4.01. The zero-order valence-electron chi connectivity index (χ0n) is 12.1. The van der Waals surface area contributed by atoms with Gasteiger partial charge in [-0.2, -0.15) is 0 Å². The van der Waals surface area contributed by atoms with Crippen LogP contribution >= 0.6 is 0 Å². The number of nitrogens with zero attached hydrogens (tertiary/aromatic N) is 4. The zero-order valence-corrected chi connectivity index (χ0v) is 12.1. The van der Waals surface area contributed by atoms with E-state index in [0.29, 0.717) is 0 Å². The van der Waals surface area contributed by atoms with Crippen molar-refractivity contribution in [3.63, 3.8) is 0 Å². The third kappa shape index (κ3) is 2.62. The van der Waals surface area contributed by atoms with Gasteiger partial charge in [-0.1, -0.05) is 0 Å². The molecule has 2 aromatic rings. The first-order valence-corrected chi connectivity index (χ1v) is 6.84. The smallest absolute Gasteiger partial charge is 0.322 e. The average molecular weight is 338 g/mol. The number of nitrogen functional groups attached to an aromatic ring is 1. The molecule has 1 aliphatic rings. The Morgan fingerprint density at radius 3 is 2.75 bits per heavy atom. The van der Waals surface area contributed by atoms with E-state index in [2.05, 4.69) is 20.3 Å². The van der Waals surface area contributed by atoms with Crippen molar-refractivity contribution in [2.45, 2.75) is 24.5 Å². The highest BCUT2D eigenvalue weighted by molar-refractivity contribution is 5.85. The second-order valence-electron chi connectivity index (χ2n) is 5.12. The first-order chi connectivity index (χ1) is 11.4. The number of carbonyl (C=O) groups is 2. The van der Waals surface area contributed by atoms with Crippen LogP contribution < -0.4 is 11.1 Å². The van der Waals surface area contributed by atoms with E-state index < -0.39 is 43.0 Å². The molecule has 3 heterocycles. The van der Waals surface area contributed by atoms with Crippen molar-refractivity contribution in [3.8, 4) is 0 Å². The predicted molar refractivity (Wildman–Crippen MR) is 76.3 cm³/mol. The Morgan fingerprint density at radius 2 is 2.04 bits per heavy atom. The molecule has 128 valence electrons. The molecule has 0 bridgehead atoms. The van der Waals surface area contributed by atoms with E-state index in [1.807, 2.05) is 0 Å². The summed E-state index contributed by atoms with van der Waals surface area (Å²) in [5.41, 5.74) is 6.21. The van der Waals surface area contributed by atoms with E-state index >= 15 is 0 Å². The normalized spacial score (nSPS) is 26.6. The number of amides is 1. The molecule has 0 aromatic carbocycles. The van der Waals surface area contributed by atoms with Crippen LogP contribution in [0, 0.1) is 0 Å². The Bertz CT molecular complexity index is 793. The van der Waals surface area contributed by atoms with Gasteiger partial charge < -0.3 is 31.1 Å². The third-order valence-electron chi connectivity index (χ3n) is 3.57.